The molecule has 0 aromatic heterocycles. The first-order valence-corrected chi connectivity index (χ1v) is 5.81. The molecular weight excluding hydrogens is 224 g/mol. The summed E-state index contributed by atoms with van der Waals surface area (Å²) < 4.78 is 5.14. The van der Waals surface area contributed by atoms with Gasteiger partial charge >= 0.3 is 5.97 Å². The van der Waals surface area contributed by atoms with Crippen molar-refractivity contribution in [1.82, 2.24) is 5.32 Å². The predicted octanol–water partition coefficient (Wildman–Crippen LogP) is -0.279. The number of carbonyl (C=O) groups is 2. The molecule has 1 saturated heterocycles. The Balaban J connectivity index is 2.45. The van der Waals surface area contributed by atoms with E-state index in [1.54, 1.807) is 6.92 Å². The summed E-state index contributed by atoms with van der Waals surface area (Å²) in [7, 11) is 0. The Morgan fingerprint density at radius 3 is 2.82 bits per heavy atom. The van der Waals surface area contributed by atoms with Gasteiger partial charge in [0.1, 0.15) is 5.41 Å². The highest BCUT2D eigenvalue weighted by Crippen LogP contribution is 2.28. The van der Waals surface area contributed by atoms with Gasteiger partial charge in [-0.2, -0.15) is 0 Å². The molecule has 6 nitrogen and oxygen atoms in total. The number of nitrogens with two attached hydrogens (primary N) is 1. The lowest BCUT2D eigenvalue weighted by atomic mass is 9.85. The Kier molecular flexibility index (Phi) is 4.89. The van der Waals surface area contributed by atoms with Crippen LogP contribution in [0.25, 0.3) is 0 Å². The molecule has 4 N–H and O–H groups in total. The standard InChI is InChI=1S/C11H20N2O4/c1-11(10(15)16)7-17-6-8(11)13-9(14)4-2-3-5-12/h8H,2-7,12H2,1H3,(H,13,14)(H,15,16). The van der Waals surface area contributed by atoms with Crippen molar-refractivity contribution in [2.45, 2.75) is 32.2 Å². The van der Waals surface area contributed by atoms with E-state index in [-0.39, 0.29) is 19.1 Å². The van der Waals surface area contributed by atoms with Gasteiger partial charge in [-0.3, -0.25) is 9.59 Å². The molecule has 1 fully saturated rings. The molecule has 17 heavy (non-hydrogen) atoms. The van der Waals surface area contributed by atoms with Crippen molar-refractivity contribution in [2.24, 2.45) is 11.1 Å². The molecule has 0 bridgehead atoms. The third kappa shape index (κ3) is 3.41. The molecule has 6 heteroatoms. The largest absolute Gasteiger partial charge is 0.481 e. The molecule has 2 unspecified atom stereocenters. The van der Waals surface area contributed by atoms with Gasteiger partial charge in [0.2, 0.25) is 5.91 Å². The van der Waals surface area contributed by atoms with Gasteiger partial charge < -0.3 is 20.9 Å². The molecule has 1 amide bonds. The molecule has 0 aromatic carbocycles. The number of rotatable bonds is 6. The van der Waals surface area contributed by atoms with Crippen molar-refractivity contribution in [3.63, 3.8) is 0 Å². The molecule has 0 saturated carbocycles. The summed E-state index contributed by atoms with van der Waals surface area (Å²) >= 11 is 0. The summed E-state index contributed by atoms with van der Waals surface area (Å²) in [6.45, 7) is 2.54. The third-order valence-corrected chi connectivity index (χ3v) is 3.14. The summed E-state index contributed by atoms with van der Waals surface area (Å²) in [5.74, 6) is -1.08. The van der Waals surface area contributed by atoms with Crippen LogP contribution in [0.1, 0.15) is 26.2 Å². The molecule has 1 aliphatic heterocycles. The van der Waals surface area contributed by atoms with E-state index < -0.39 is 17.4 Å². The quantitative estimate of drug-likeness (QED) is 0.558. The molecule has 0 aliphatic carbocycles. The van der Waals surface area contributed by atoms with Crippen molar-refractivity contribution in [3.05, 3.63) is 0 Å². The molecule has 0 spiro atoms. The third-order valence-electron chi connectivity index (χ3n) is 3.14. The van der Waals surface area contributed by atoms with Gasteiger partial charge in [0.05, 0.1) is 19.3 Å². The minimum Gasteiger partial charge on any atom is -0.481 e. The number of hydrogen-bond acceptors (Lipinski definition) is 4. The Bertz CT molecular complexity index is 295. The van der Waals surface area contributed by atoms with E-state index in [2.05, 4.69) is 5.32 Å². The molecule has 2 atom stereocenters. The lowest BCUT2D eigenvalue weighted by molar-refractivity contribution is -0.149. The fraction of sp³-hybridized carbons (Fsp3) is 0.818. The van der Waals surface area contributed by atoms with Crippen LogP contribution in [0.3, 0.4) is 0 Å². The van der Waals surface area contributed by atoms with Crippen LogP contribution >= 0.6 is 0 Å². The first kappa shape index (κ1) is 13.9. The van der Waals surface area contributed by atoms with Crippen molar-refractivity contribution in [2.75, 3.05) is 19.8 Å². The van der Waals surface area contributed by atoms with Crippen LogP contribution in [0, 0.1) is 5.41 Å². The zero-order valence-corrected chi connectivity index (χ0v) is 10.1. The van der Waals surface area contributed by atoms with Gasteiger partial charge in [0.25, 0.3) is 0 Å². The summed E-state index contributed by atoms with van der Waals surface area (Å²) in [6.07, 6.45) is 1.90. The fourth-order valence-electron chi connectivity index (χ4n) is 1.78. The molecule has 1 rings (SSSR count). The Morgan fingerprint density at radius 1 is 1.53 bits per heavy atom. The number of amides is 1. The molecule has 0 aromatic rings. The molecule has 1 aliphatic rings. The maximum Gasteiger partial charge on any atom is 0.313 e. The number of nitrogens with one attached hydrogen (secondary N) is 1. The van der Waals surface area contributed by atoms with Gasteiger partial charge in [0, 0.05) is 6.42 Å². The molecular formula is C11H20N2O4. The number of hydrogen-bond donors (Lipinski definition) is 3. The van der Waals surface area contributed by atoms with E-state index in [4.69, 9.17) is 15.6 Å². The highest BCUT2D eigenvalue weighted by atomic mass is 16.5. The average molecular weight is 244 g/mol. The number of carbonyl (C=O) groups excluding carboxylic acids is 1. The van der Waals surface area contributed by atoms with Crippen molar-refractivity contribution in [3.8, 4) is 0 Å². The number of carboxylic acid groups (broad SMARTS) is 1. The molecule has 0 radical (unpaired) electrons. The van der Waals surface area contributed by atoms with Gasteiger partial charge in [-0.05, 0) is 26.3 Å². The first-order chi connectivity index (χ1) is 8.00. The summed E-state index contributed by atoms with van der Waals surface area (Å²) in [5, 5.41) is 11.8. The minimum atomic E-state index is -1.02. The van der Waals surface area contributed by atoms with Crippen molar-refractivity contribution < 1.29 is 19.4 Å². The van der Waals surface area contributed by atoms with Crippen LogP contribution in [-0.4, -0.2) is 42.8 Å². The monoisotopic (exact) mass is 244 g/mol. The van der Waals surface area contributed by atoms with Crippen molar-refractivity contribution in [1.29, 1.82) is 0 Å². The SMILES string of the molecule is CC1(C(=O)O)COCC1NC(=O)CCCCN. The first-order valence-electron chi connectivity index (χ1n) is 5.81. The highest BCUT2D eigenvalue weighted by Gasteiger charge is 2.47. The summed E-state index contributed by atoms with van der Waals surface area (Å²) in [4.78, 5) is 22.7. The van der Waals surface area contributed by atoms with E-state index in [1.165, 1.54) is 0 Å². The summed E-state index contributed by atoms with van der Waals surface area (Å²) in [6, 6.07) is -0.453. The number of ether oxygens (including phenoxy) is 1. The van der Waals surface area contributed by atoms with E-state index >= 15 is 0 Å². The van der Waals surface area contributed by atoms with E-state index in [9.17, 15) is 9.59 Å². The lowest BCUT2D eigenvalue weighted by Gasteiger charge is -2.25. The number of aliphatic carboxylic acids is 1. The second kappa shape index (κ2) is 5.97. The van der Waals surface area contributed by atoms with Gasteiger partial charge in [-0.15, -0.1) is 0 Å². The normalized spacial score (nSPS) is 28.0. The van der Waals surface area contributed by atoms with Crippen LogP contribution < -0.4 is 11.1 Å². The highest BCUT2D eigenvalue weighted by molar-refractivity contribution is 5.80. The minimum absolute atomic E-state index is 0.135. The topological polar surface area (TPSA) is 102 Å². The average Bonchev–Trinajstić information content (AvgIpc) is 2.62. The number of carboxylic acids is 1. The zero-order chi connectivity index (χ0) is 12.9. The van der Waals surface area contributed by atoms with Crippen LogP contribution in [0.5, 0.6) is 0 Å². The van der Waals surface area contributed by atoms with Crippen molar-refractivity contribution >= 4 is 11.9 Å². The molecule has 98 valence electrons. The van der Waals surface area contributed by atoms with E-state index in [0.717, 1.165) is 12.8 Å². The van der Waals surface area contributed by atoms with Crippen LogP contribution in [-0.2, 0) is 14.3 Å². The Morgan fingerprint density at radius 2 is 2.24 bits per heavy atom. The lowest BCUT2D eigenvalue weighted by Crippen LogP contribution is -2.49. The number of unbranched alkanes of at least 4 members (excludes halogenated alkanes) is 1. The second-order valence-corrected chi connectivity index (χ2v) is 4.60. The maximum absolute atomic E-state index is 11.6. The zero-order valence-electron chi connectivity index (χ0n) is 10.1. The predicted molar refractivity (Wildman–Crippen MR) is 61.4 cm³/mol. The van der Waals surface area contributed by atoms with E-state index in [1.807, 2.05) is 0 Å². The van der Waals surface area contributed by atoms with Gasteiger partial charge in [-0.25, -0.2) is 0 Å². The maximum atomic E-state index is 11.6. The van der Waals surface area contributed by atoms with Crippen LogP contribution in [0.2, 0.25) is 0 Å². The van der Waals surface area contributed by atoms with Crippen LogP contribution in [0.4, 0.5) is 0 Å². The van der Waals surface area contributed by atoms with Gasteiger partial charge in [-0.1, -0.05) is 0 Å². The fourth-order valence-corrected chi connectivity index (χ4v) is 1.78. The molecule has 1 heterocycles. The Labute approximate surface area is 101 Å². The van der Waals surface area contributed by atoms with Gasteiger partial charge in [0.15, 0.2) is 0 Å². The second-order valence-electron chi connectivity index (χ2n) is 4.60. The smallest absolute Gasteiger partial charge is 0.313 e. The Hall–Kier alpha value is -1.14. The van der Waals surface area contributed by atoms with Crippen LogP contribution in [0.15, 0.2) is 0 Å². The summed E-state index contributed by atoms with van der Waals surface area (Å²) in [5.41, 5.74) is 4.31. The van der Waals surface area contributed by atoms with E-state index in [0.29, 0.717) is 13.0 Å².